The molecule has 3 rings (SSSR count). The summed E-state index contributed by atoms with van der Waals surface area (Å²) in [7, 11) is 0. The van der Waals surface area contributed by atoms with Gasteiger partial charge in [-0.25, -0.2) is 18.7 Å². The fourth-order valence-corrected chi connectivity index (χ4v) is 2.42. The van der Waals surface area contributed by atoms with Gasteiger partial charge in [0.05, 0.1) is 12.4 Å². The van der Waals surface area contributed by atoms with E-state index in [2.05, 4.69) is 15.3 Å². The molecule has 0 bridgehead atoms. The van der Waals surface area contributed by atoms with Gasteiger partial charge in [-0.3, -0.25) is 4.79 Å². The zero-order valence-electron chi connectivity index (χ0n) is 11.8. The van der Waals surface area contributed by atoms with E-state index in [1.54, 1.807) is 0 Å². The summed E-state index contributed by atoms with van der Waals surface area (Å²) in [5, 5.41) is 11.5. The second kappa shape index (κ2) is 5.96. The van der Waals surface area contributed by atoms with Gasteiger partial charge in [-0.1, -0.05) is 6.07 Å². The Kier molecular flexibility index (Phi) is 3.85. The number of amides is 1. The SMILES string of the molecule is N#Cc1cnc(NC2CCN(c3c(F)cccc3F)C2=O)cn1. The first-order valence-corrected chi connectivity index (χ1v) is 6.84. The van der Waals surface area contributed by atoms with E-state index >= 15 is 0 Å². The van der Waals surface area contributed by atoms with E-state index in [0.29, 0.717) is 12.2 Å². The normalized spacial score (nSPS) is 17.2. The maximum atomic E-state index is 13.8. The Hall–Kier alpha value is -3.08. The Morgan fingerprint density at radius 3 is 2.61 bits per heavy atom. The molecular weight excluding hydrogens is 304 g/mol. The minimum absolute atomic E-state index is 0.156. The topological polar surface area (TPSA) is 81.9 Å². The summed E-state index contributed by atoms with van der Waals surface area (Å²) in [6.07, 6.45) is 2.97. The van der Waals surface area contributed by atoms with Gasteiger partial charge in [0.25, 0.3) is 0 Å². The molecule has 0 aliphatic carbocycles. The average Bonchev–Trinajstić information content (AvgIpc) is 2.89. The molecule has 1 aliphatic heterocycles. The summed E-state index contributed by atoms with van der Waals surface area (Å²) >= 11 is 0. The van der Waals surface area contributed by atoms with E-state index in [-0.39, 0.29) is 17.9 Å². The van der Waals surface area contributed by atoms with E-state index < -0.39 is 23.6 Å². The highest BCUT2D eigenvalue weighted by atomic mass is 19.1. The van der Waals surface area contributed by atoms with Crippen LogP contribution in [0.5, 0.6) is 0 Å². The van der Waals surface area contributed by atoms with Crippen LogP contribution in [-0.4, -0.2) is 28.5 Å². The quantitative estimate of drug-likeness (QED) is 0.934. The van der Waals surface area contributed by atoms with Crippen LogP contribution in [0.25, 0.3) is 0 Å². The van der Waals surface area contributed by atoms with Gasteiger partial charge in [0.15, 0.2) is 5.69 Å². The van der Waals surface area contributed by atoms with Crippen LogP contribution in [-0.2, 0) is 4.79 Å². The van der Waals surface area contributed by atoms with Crippen molar-refractivity contribution in [3.8, 4) is 6.07 Å². The lowest BCUT2D eigenvalue weighted by molar-refractivity contribution is -0.117. The first kappa shape index (κ1) is 14.8. The van der Waals surface area contributed by atoms with Crippen molar-refractivity contribution >= 4 is 17.4 Å². The summed E-state index contributed by atoms with van der Waals surface area (Å²) in [4.78, 5) is 21.3. The van der Waals surface area contributed by atoms with Crippen molar-refractivity contribution in [2.24, 2.45) is 0 Å². The highest BCUT2D eigenvalue weighted by Gasteiger charge is 2.35. The number of hydrogen-bond donors (Lipinski definition) is 1. The third-order valence-corrected chi connectivity index (χ3v) is 3.50. The van der Waals surface area contributed by atoms with Gasteiger partial charge >= 0.3 is 0 Å². The summed E-state index contributed by atoms with van der Waals surface area (Å²) in [6.45, 7) is 0.193. The minimum Gasteiger partial charge on any atom is -0.357 e. The number of aromatic nitrogens is 2. The molecule has 0 spiro atoms. The second-order valence-electron chi connectivity index (χ2n) is 4.94. The van der Waals surface area contributed by atoms with E-state index in [4.69, 9.17) is 5.26 Å². The van der Waals surface area contributed by atoms with Crippen LogP contribution in [0.1, 0.15) is 12.1 Å². The average molecular weight is 315 g/mol. The predicted molar refractivity (Wildman–Crippen MR) is 77.5 cm³/mol. The smallest absolute Gasteiger partial charge is 0.249 e. The molecule has 1 unspecified atom stereocenters. The number of nitriles is 1. The maximum absolute atomic E-state index is 13.8. The van der Waals surface area contributed by atoms with Gasteiger partial charge in [0.1, 0.15) is 35.3 Å². The van der Waals surface area contributed by atoms with E-state index in [9.17, 15) is 13.6 Å². The van der Waals surface area contributed by atoms with Gasteiger partial charge in [-0.15, -0.1) is 0 Å². The van der Waals surface area contributed by atoms with Crippen molar-refractivity contribution in [2.75, 3.05) is 16.8 Å². The van der Waals surface area contributed by atoms with E-state index in [1.807, 2.05) is 6.07 Å². The van der Waals surface area contributed by atoms with Crippen LogP contribution in [0.3, 0.4) is 0 Å². The third-order valence-electron chi connectivity index (χ3n) is 3.50. The van der Waals surface area contributed by atoms with Gasteiger partial charge in [-0.2, -0.15) is 5.26 Å². The molecule has 1 saturated heterocycles. The summed E-state index contributed by atoms with van der Waals surface area (Å²) in [5.41, 5.74) is -0.184. The predicted octanol–water partition coefficient (Wildman–Crippen LogP) is 1.84. The van der Waals surface area contributed by atoms with E-state index in [0.717, 1.165) is 17.0 Å². The molecule has 1 aromatic heterocycles. The first-order valence-electron chi connectivity index (χ1n) is 6.84. The number of nitrogens with zero attached hydrogens (tertiary/aromatic N) is 4. The van der Waals surface area contributed by atoms with Crippen molar-refractivity contribution in [1.82, 2.24) is 9.97 Å². The van der Waals surface area contributed by atoms with Crippen LogP contribution in [0, 0.1) is 23.0 Å². The fourth-order valence-electron chi connectivity index (χ4n) is 2.42. The summed E-state index contributed by atoms with van der Waals surface area (Å²) in [5.74, 6) is -1.69. The number of nitrogens with one attached hydrogen (secondary N) is 1. The molecular formula is C15H11F2N5O. The molecule has 2 heterocycles. The van der Waals surface area contributed by atoms with Crippen molar-refractivity contribution in [3.63, 3.8) is 0 Å². The van der Waals surface area contributed by atoms with E-state index in [1.165, 1.54) is 18.5 Å². The lowest BCUT2D eigenvalue weighted by Crippen LogP contribution is -2.34. The van der Waals surface area contributed by atoms with Crippen LogP contribution >= 0.6 is 0 Å². The number of anilines is 2. The molecule has 8 heteroatoms. The zero-order valence-corrected chi connectivity index (χ0v) is 11.8. The molecule has 2 aromatic rings. The zero-order chi connectivity index (χ0) is 16.4. The molecule has 116 valence electrons. The van der Waals surface area contributed by atoms with Crippen molar-refractivity contribution < 1.29 is 13.6 Å². The molecule has 6 nitrogen and oxygen atoms in total. The van der Waals surface area contributed by atoms with Gasteiger partial charge in [0.2, 0.25) is 5.91 Å². The number of benzene rings is 1. The molecule has 0 saturated carbocycles. The molecule has 23 heavy (non-hydrogen) atoms. The minimum atomic E-state index is -0.780. The monoisotopic (exact) mass is 315 g/mol. The second-order valence-corrected chi connectivity index (χ2v) is 4.94. The van der Waals surface area contributed by atoms with Crippen LogP contribution in [0.2, 0.25) is 0 Å². The standard InChI is InChI=1S/C15H11F2N5O/c16-10-2-1-3-11(17)14(10)22-5-4-12(15(22)23)21-13-8-19-9(6-18)7-20-13/h1-3,7-8,12H,4-5H2,(H,20,21). The van der Waals surface area contributed by atoms with Crippen molar-refractivity contribution in [1.29, 1.82) is 5.26 Å². The number of carbonyl (C=O) groups excluding carboxylic acids is 1. The third kappa shape index (κ3) is 2.81. The maximum Gasteiger partial charge on any atom is 0.249 e. The van der Waals surface area contributed by atoms with Crippen molar-refractivity contribution in [3.05, 3.63) is 47.9 Å². The molecule has 0 radical (unpaired) electrons. The number of hydrogen-bond acceptors (Lipinski definition) is 5. The molecule has 1 atom stereocenters. The largest absolute Gasteiger partial charge is 0.357 e. The molecule has 1 aliphatic rings. The molecule has 1 fully saturated rings. The Morgan fingerprint density at radius 1 is 1.26 bits per heavy atom. The lowest BCUT2D eigenvalue weighted by Gasteiger charge is -2.18. The number of para-hydroxylation sites is 1. The molecule has 1 N–H and O–H groups in total. The van der Waals surface area contributed by atoms with Gasteiger partial charge in [-0.05, 0) is 18.6 Å². The summed E-state index contributed by atoms with van der Waals surface area (Å²) in [6, 6.07) is 4.65. The van der Waals surface area contributed by atoms with Crippen molar-refractivity contribution in [2.45, 2.75) is 12.5 Å². The summed E-state index contributed by atoms with van der Waals surface area (Å²) < 4.78 is 27.6. The molecule has 1 amide bonds. The highest BCUT2D eigenvalue weighted by molar-refractivity contribution is 6.01. The fraction of sp³-hybridized carbons (Fsp3) is 0.200. The first-order chi connectivity index (χ1) is 11.1. The lowest BCUT2D eigenvalue weighted by atomic mass is 10.2. The van der Waals surface area contributed by atoms with Crippen LogP contribution < -0.4 is 10.2 Å². The molecule has 1 aromatic carbocycles. The Labute approximate surface area is 130 Å². The highest BCUT2D eigenvalue weighted by Crippen LogP contribution is 2.28. The number of rotatable bonds is 3. The van der Waals surface area contributed by atoms with Gasteiger partial charge < -0.3 is 10.2 Å². The number of halogens is 2. The van der Waals surface area contributed by atoms with Crippen LogP contribution in [0.4, 0.5) is 20.3 Å². The van der Waals surface area contributed by atoms with Gasteiger partial charge in [0, 0.05) is 6.54 Å². The Morgan fingerprint density at radius 2 is 2.00 bits per heavy atom. The van der Waals surface area contributed by atoms with Crippen LogP contribution in [0.15, 0.2) is 30.6 Å². The number of carbonyl (C=O) groups is 1. The Balaban J connectivity index is 1.77. The Bertz CT molecular complexity index is 767.